The highest BCUT2D eigenvalue weighted by atomic mass is 16.5. The van der Waals surface area contributed by atoms with Gasteiger partial charge in [0.25, 0.3) is 0 Å². The van der Waals surface area contributed by atoms with E-state index >= 15 is 0 Å². The van der Waals surface area contributed by atoms with Crippen LogP contribution in [0.1, 0.15) is 28.4 Å². The van der Waals surface area contributed by atoms with E-state index in [4.69, 9.17) is 4.74 Å². The van der Waals surface area contributed by atoms with Crippen molar-refractivity contribution in [3.63, 3.8) is 0 Å². The predicted octanol–water partition coefficient (Wildman–Crippen LogP) is 2.87. The maximum atomic E-state index is 12.8. The Bertz CT molecular complexity index is 640. The molecule has 2 heterocycles. The fourth-order valence-corrected chi connectivity index (χ4v) is 2.65. The van der Waals surface area contributed by atoms with E-state index in [1.54, 1.807) is 25.4 Å². The van der Waals surface area contributed by atoms with Crippen molar-refractivity contribution >= 4 is 11.5 Å². The molecular weight excluding hydrogens is 252 g/mol. The highest BCUT2D eigenvalue weighted by molar-refractivity contribution is 6.02. The van der Waals surface area contributed by atoms with Crippen LogP contribution in [0.25, 0.3) is 0 Å². The summed E-state index contributed by atoms with van der Waals surface area (Å²) in [4.78, 5) is 17.0. The molecule has 2 aromatic rings. The highest BCUT2D eigenvalue weighted by Crippen LogP contribution is 2.34. The number of pyridine rings is 1. The summed E-state index contributed by atoms with van der Waals surface area (Å²) >= 11 is 0. The van der Waals surface area contributed by atoms with Gasteiger partial charge < -0.3 is 10.1 Å². The fraction of sp³-hybridized carbons (Fsp3) is 0.250. The number of para-hydroxylation sites is 1. The number of fused-ring (bicyclic) bond motifs is 1. The number of nitrogens with zero attached hydrogens (tertiary/aromatic N) is 1. The monoisotopic (exact) mass is 268 g/mol. The van der Waals surface area contributed by atoms with Crippen LogP contribution in [0, 0.1) is 0 Å². The molecule has 1 aliphatic rings. The summed E-state index contributed by atoms with van der Waals surface area (Å²) in [6.07, 6.45) is 2.40. The number of benzene rings is 1. The molecule has 1 N–H and O–H groups in total. The second kappa shape index (κ2) is 5.33. The third-order valence-electron chi connectivity index (χ3n) is 3.63. The first-order valence-electron chi connectivity index (χ1n) is 6.67. The zero-order chi connectivity index (χ0) is 13.9. The number of methoxy groups -OCH3 is 1. The zero-order valence-electron chi connectivity index (χ0n) is 11.3. The number of rotatable bonds is 3. The Hall–Kier alpha value is -2.36. The minimum Gasteiger partial charge on any atom is -0.494 e. The van der Waals surface area contributed by atoms with Gasteiger partial charge in [0.15, 0.2) is 5.78 Å². The van der Waals surface area contributed by atoms with Gasteiger partial charge in [-0.3, -0.25) is 4.79 Å². The van der Waals surface area contributed by atoms with E-state index in [0.717, 1.165) is 24.2 Å². The summed E-state index contributed by atoms with van der Waals surface area (Å²) in [7, 11) is 1.56. The quantitative estimate of drug-likeness (QED) is 0.870. The van der Waals surface area contributed by atoms with Gasteiger partial charge in [0.1, 0.15) is 11.4 Å². The number of carbonyl (C=O) groups excluding carboxylic acids is 1. The lowest BCUT2D eigenvalue weighted by Crippen LogP contribution is -2.24. The van der Waals surface area contributed by atoms with Crippen LogP contribution in [0.3, 0.4) is 0 Å². The number of hydrogen-bond acceptors (Lipinski definition) is 4. The zero-order valence-corrected chi connectivity index (χ0v) is 11.3. The summed E-state index contributed by atoms with van der Waals surface area (Å²) in [5, 5.41) is 3.32. The van der Waals surface area contributed by atoms with E-state index in [1.807, 2.05) is 24.3 Å². The first kappa shape index (κ1) is 12.7. The minimum atomic E-state index is -0.156. The van der Waals surface area contributed by atoms with Gasteiger partial charge in [-0.15, -0.1) is 0 Å². The molecule has 102 valence electrons. The molecule has 3 rings (SSSR count). The second-order valence-corrected chi connectivity index (χ2v) is 4.77. The van der Waals surface area contributed by atoms with Crippen LogP contribution in [-0.2, 0) is 0 Å². The summed E-state index contributed by atoms with van der Waals surface area (Å²) in [5.41, 5.74) is 2.49. The maximum absolute atomic E-state index is 12.8. The molecule has 4 nitrogen and oxygen atoms in total. The van der Waals surface area contributed by atoms with E-state index in [9.17, 15) is 4.79 Å². The van der Waals surface area contributed by atoms with E-state index in [2.05, 4.69) is 10.3 Å². The summed E-state index contributed by atoms with van der Waals surface area (Å²) in [6.45, 7) is 0.794. The molecule has 4 heteroatoms. The van der Waals surface area contributed by atoms with Crippen molar-refractivity contribution in [1.29, 1.82) is 0 Å². The number of Topliss-reactive ketones (excluding diaryl/α,β-unsaturated/α-hetero) is 1. The number of hydrogen-bond donors (Lipinski definition) is 1. The van der Waals surface area contributed by atoms with Crippen LogP contribution in [0.4, 0.5) is 5.69 Å². The standard InChI is InChI=1S/C16H16N2O2/c1-20-14-7-4-9-18-15(14)16(19)12-8-10-17-13-6-3-2-5-11(12)13/h2-7,9,12,17H,8,10H2,1H3. The predicted molar refractivity (Wildman–Crippen MR) is 77.4 cm³/mol. The third-order valence-corrected chi connectivity index (χ3v) is 3.63. The van der Waals surface area contributed by atoms with Crippen LogP contribution >= 0.6 is 0 Å². The number of aromatic nitrogens is 1. The van der Waals surface area contributed by atoms with E-state index in [0.29, 0.717) is 11.4 Å². The normalized spacial score (nSPS) is 16.9. The highest BCUT2D eigenvalue weighted by Gasteiger charge is 2.29. The average Bonchev–Trinajstić information content (AvgIpc) is 2.53. The molecule has 0 bridgehead atoms. The number of ether oxygens (including phenoxy) is 1. The number of nitrogens with one attached hydrogen (secondary N) is 1. The lowest BCUT2D eigenvalue weighted by Gasteiger charge is -2.25. The molecule has 0 radical (unpaired) electrons. The maximum Gasteiger partial charge on any atom is 0.192 e. The van der Waals surface area contributed by atoms with Gasteiger partial charge >= 0.3 is 0 Å². The summed E-state index contributed by atoms with van der Waals surface area (Å²) in [6, 6.07) is 11.5. The minimum absolute atomic E-state index is 0.0244. The first-order chi connectivity index (χ1) is 9.81. The second-order valence-electron chi connectivity index (χ2n) is 4.77. The number of ketones is 1. The summed E-state index contributed by atoms with van der Waals surface area (Å²) < 4.78 is 5.25. The van der Waals surface area contributed by atoms with Gasteiger partial charge in [0.05, 0.1) is 13.0 Å². The Balaban J connectivity index is 2.00. The Morgan fingerprint density at radius 3 is 3.00 bits per heavy atom. The van der Waals surface area contributed by atoms with E-state index < -0.39 is 0 Å². The lowest BCUT2D eigenvalue weighted by molar-refractivity contribution is 0.0947. The molecule has 20 heavy (non-hydrogen) atoms. The molecule has 1 unspecified atom stereocenters. The fourth-order valence-electron chi connectivity index (χ4n) is 2.65. The van der Waals surface area contributed by atoms with Crippen molar-refractivity contribution in [3.05, 3.63) is 53.9 Å². The molecular formula is C16H16N2O2. The third kappa shape index (κ3) is 2.13. The largest absolute Gasteiger partial charge is 0.494 e. The van der Waals surface area contributed by atoms with Gasteiger partial charge in [-0.1, -0.05) is 18.2 Å². The Labute approximate surface area is 117 Å². The Kier molecular flexibility index (Phi) is 3.37. The molecule has 0 fully saturated rings. The molecule has 0 spiro atoms. The van der Waals surface area contributed by atoms with Gasteiger partial charge in [-0.25, -0.2) is 4.98 Å². The topological polar surface area (TPSA) is 51.2 Å². The molecule has 1 atom stereocenters. The summed E-state index contributed by atoms with van der Waals surface area (Å²) in [5.74, 6) is 0.404. The van der Waals surface area contributed by atoms with Crippen molar-refractivity contribution in [2.45, 2.75) is 12.3 Å². The van der Waals surface area contributed by atoms with Crippen molar-refractivity contribution in [2.75, 3.05) is 19.0 Å². The Morgan fingerprint density at radius 1 is 1.30 bits per heavy atom. The SMILES string of the molecule is COc1cccnc1C(=O)C1CCNc2ccccc21. The molecule has 0 amide bonds. The number of anilines is 1. The molecule has 0 aliphatic carbocycles. The van der Waals surface area contributed by atoms with Gasteiger partial charge in [0, 0.05) is 18.4 Å². The van der Waals surface area contributed by atoms with Crippen LogP contribution in [0.2, 0.25) is 0 Å². The van der Waals surface area contributed by atoms with Gasteiger partial charge in [-0.05, 0) is 30.2 Å². The van der Waals surface area contributed by atoms with Crippen LogP contribution in [-0.4, -0.2) is 24.4 Å². The van der Waals surface area contributed by atoms with E-state index in [1.165, 1.54) is 0 Å². The van der Waals surface area contributed by atoms with Gasteiger partial charge in [-0.2, -0.15) is 0 Å². The molecule has 0 saturated carbocycles. The molecule has 0 saturated heterocycles. The average molecular weight is 268 g/mol. The van der Waals surface area contributed by atoms with Crippen LogP contribution in [0.5, 0.6) is 5.75 Å². The van der Waals surface area contributed by atoms with Crippen molar-refractivity contribution in [2.24, 2.45) is 0 Å². The number of carbonyl (C=O) groups is 1. The van der Waals surface area contributed by atoms with Crippen LogP contribution in [0.15, 0.2) is 42.6 Å². The Morgan fingerprint density at radius 2 is 2.15 bits per heavy atom. The van der Waals surface area contributed by atoms with Crippen molar-refractivity contribution in [3.8, 4) is 5.75 Å². The molecule has 1 aromatic carbocycles. The van der Waals surface area contributed by atoms with Crippen LogP contribution < -0.4 is 10.1 Å². The van der Waals surface area contributed by atoms with Crippen molar-refractivity contribution in [1.82, 2.24) is 4.98 Å². The van der Waals surface area contributed by atoms with E-state index in [-0.39, 0.29) is 11.7 Å². The molecule has 1 aromatic heterocycles. The molecule has 1 aliphatic heterocycles. The smallest absolute Gasteiger partial charge is 0.192 e. The van der Waals surface area contributed by atoms with Gasteiger partial charge in [0.2, 0.25) is 0 Å². The first-order valence-corrected chi connectivity index (χ1v) is 6.67. The van der Waals surface area contributed by atoms with Crippen molar-refractivity contribution < 1.29 is 9.53 Å². The lowest BCUT2D eigenvalue weighted by atomic mass is 9.86.